The van der Waals surface area contributed by atoms with E-state index < -0.39 is 0 Å². The van der Waals surface area contributed by atoms with E-state index in [0.29, 0.717) is 0 Å². The van der Waals surface area contributed by atoms with Crippen molar-refractivity contribution in [2.45, 2.75) is 20.3 Å². The van der Waals surface area contributed by atoms with Crippen LogP contribution in [0.5, 0.6) is 0 Å². The maximum Gasteiger partial charge on any atom is 0.181 e. The minimum atomic E-state index is -0.136. The zero-order valence-corrected chi connectivity index (χ0v) is 10.3. The maximum atomic E-state index is 5.90. The lowest BCUT2D eigenvalue weighted by molar-refractivity contribution is 0.0724. The zero-order chi connectivity index (χ0) is 7.95. The highest BCUT2D eigenvalue weighted by Gasteiger charge is 2.53. The first-order chi connectivity index (χ1) is 5.24. The van der Waals surface area contributed by atoms with Gasteiger partial charge in [-0.05, 0) is 0 Å². The van der Waals surface area contributed by atoms with E-state index in [1.54, 1.807) is 0 Å². The van der Waals surface area contributed by atoms with Crippen molar-refractivity contribution in [2.75, 3.05) is 0 Å². The van der Waals surface area contributed by atoms with Crippen LogP contribution in [-0.4, -0.2) is 16.5 Å². The van der Waals surface area contributed by atoms with Crippen LogP contribution in [0.1, 0.15) is 12.8 Å². The summed E-state index contributed by atoms with van der Waals surface area (Å²) in [7, 11) is 0. The Hall–Kier alpha value is 1.08. The fourth-order valence-corrected chi connectivity index (χ4v) is 4.74. The number of halogens is 2. The van der Waals surface area contributed by atoms with Crippen LogP contribution in [0.2, 0.25) is 0 Å². The summed E-state index contributed by atoms with van der Waals surface area (Å²) >= 11 is -0.272. The third-order valence-electron chi connectivity index (χ3n) is 1.96. The second kappa shape index (κ2) is 2.79. The van der Waals surface area contributed by atoms with Gasteiger partial charge in [-0.3, -0.25) is 0 Å². The predicted molar refractivity (Wildman–Crippen MR) is 64.3 cm³/mol. The van der Waals surface area contributed by atoms with Crippen LogP contribution in [0, 0.1) is 0 Å². The number of hydrogen-bond donors (Lipinski definition) is 2. The van der Waals surface area contributed by atoms with E-state index in [2.05, 4.69) is 19.9 Å². The third-order valence-corrected chi connectivity index (χ3v) is 6.48. The minimum absolute atomic E-state index is 0.0592. The number of nitrogens with one attached hydrogen (secondary N) is 2. The molecule has 2 fully saturated rings. The highest BCUT2D eigenvalue weighted by Crippen LogP contribution is 2.49. The number of fused-ring (bicyclic) bond motifs is 2. The summed E-state index contributed by atoms with van der Waals surface area (Å²) in [6, 6.07) is 0. The van der Waals surface area contributed by atoms with Crippen LogP contribution < -0.4 is 10.9 Å². The molecule has 2 rings (SSSR count). The molecule has 64 valence electrons. The fourth-order valence-electron chi connectivity index (χ4n) is 1.30. The Kier molecular flexibility index (Phi) is 2.20. The molecule has 2 aliphatic heterocycles. The van der Waals surface area contributed by atoms with Gasteiger partial charge in [0.25, 0.3) is 0 Å². The van der Waals surface area contributed by atoms with Crippen LogP contribution in [0.3, 0.4) is 0 Å². The molecular formula is C6H10I2N2O. The molecule has 3 nitrogen and oxygen atoms in total. The predicted octanol–water partition coefficient (Wildman–Crippen LogP) is 1.02. The van der Waals surface area contributed by atoms with Gasteiger partial charge >= 0.3 is 0 Å². The molecule has 0 aromatic heterocycles. The number of hydrazine groups is 1. The van der Waals surface area contributed by atoms with Gasteiger partial charge in [0, 0.05) is 12.8 Å². The Morgan fingerprint density at radius 3 is 1.73 bits per heavy atom. The molecule has 2 N–H and O–H groups in total. The number of ether oxygens (including phenoxy) is 1. The van der Waals surface area contributed by atoms with Crippen molar-refractivity contribution in [3.05, 3.63) is 0 Å². The van der Waals surface area contributed by atoms with E-state index >= 15 is 0 Å². The quantitative estimate of drug-likeness (QED) is 0.427. The van der Waals surface area contributed by atoms with Crippen LogP contribution in [-0.2, 0) is 4.74 Å². The molecule has 2 aliphatic rings. The molecule has 0 amide bonds. The molecule has 0 saturated carbocycles. The first-order valence-corrected chi connectivity index (χ1v) is 8.49. The summed E-state index contributed by atoms with van der Waals surface area (Å²) in [5.41, 5.74) is 6.43. The minimum Gasteiger partial charge on any atom is -0.320 e. The van der Waals surface area contributed by atoms with Gasteiger partial charge in [0.05, 0.1) is 0 Å². The SMILES string of the molecule is C=I[C@@]12CC[C@@](I=C)(NN1)O2. The van der Waals surface area contributed by atoms with Gasteiger partial charge in [0.2, 0.25) is 0 Å². The van der Waals surface area contributed by atoms with Gasteiger partial charge in [-0.2, -0.15) is 0 Å². The number of hydrogen-bond acceptors (Lipinski definition) is 3. The molecule has 2 heterocycles. The molecule has 0 radical (unpaired) electrons. The molecule has 0 aromatic carbocycles. The lowest BCUT2D eigenvalue weighted by Crippen LogP contribution is -2.47. The van der Waals surface area contributed by atoms with Gasteiger partial charge in [-0.25, -0.2) is 10.9 Å². The van der Waals surface area contributed by atoms with E-state index in [4.69, 9.17) is 4.74 Å². The second-order valence-electron chi connectivity index (χ2n) is 2.58. The first kappa shape index (κ1) is 8.67. The summed E-state index contributed by atoms with van der Waals surface area (Å²) < 4.78 is 13.7. The summed E-state index contributed by atoms with van der Waals surface area (Å²) in [5.74, 6) is 0. The first-order valence-electron chi connectivity index (χ1n) is 3.28. The highest BCUT2D eigenvalue weighted by molar-refractivity contribution is 14.2. The molecule has 2 saturated heterocycles. The van der Waals surface area contributed by atoms with Crippen molar-refractivity contribution in [1.82, 2.24) is 10.9 Å². The maximum absolute atomic E-state index is 5.90. The monoisotopic (exact) mass is 380 g/mol. The topological polar surface area (TPSA) is 33.3 Å². The van der Waals surface area contributed by atoms with Crippen molar-refractivity contribution in [1.29, 1.82) is 0 Å². The van der Waals surface area contributed by atoms with Crippen molar-refractivity contribution >= 4 is 50.5 Å². The Morgan fingerprint density at radius 2 is 1.55 bits per heavy atom. The Morgan fingerprint density at radius 1 is 1.09 bits per heavy atom. The van der Waals surface area contributed by atoms with Gasteiger partial charge in [-0.15, -0.1) is 0 Å². The summed E-state index contributed by atoms with van der Waals surface area (Å²) in [6.07, 6.45) is 2.23. The van der Waals surface area contributed by atoms with Crippen molar-refractivity contribution in [3.8, 4) is 0 Å². The number of alkyl halides is 2. The average molecular weight is 380 g/mol. The molecule has 0 spiro atoms. The Bertz CT molecular complexity index is 189. The van der Waals surface area contributed by atoms with Gasteiger partial charge in [0.15, 0.2) is 7.46 Å². The van der Waals surface area contributed by atoms with Crippen LogP contribution in [0.15, 0.2) is 0 Å². The van der Waals surface area contributed by atoms with Crippen LogP contribution in [0.25, 0.3) is 0 Å². The van der Waals surface area contributed by atoms with Gasteiger partial charge in [0.1, 0.15) is 0 Å². The molecular weight excluding hydrogens is 370 g/mol. The molecule has 2 atom stereocenters. The van der Waals surface area contributed by atoms with Crippen LogP contribution >= 0.6 is 41.5 Å². The largest absolute Gasteiger partial charge is 0.320 e. The second-order valence-corrected chi connectivity index (χ2v) is 7.59. The van der Waals surface area contributed by atoms with E-state index in [1.807, 2.05) is 0 Å². The van der Waals surface area contributed by atoms with Crippen molar-refractivity contribution in [3.63, 3.8) is 0 Å². The fraction of sp³-hybridized carbons (Fsp3) is 0.667. The van der Waals surface area contributed by atoms with E-state index in [-0.39, 0.29) is 48.9 Å². The van der Waals surface area contributed by atoms with Gasteiger partial charge in [-0.1, -0.05) is 50.5 Å². The normalized spacial score (nSPS) is 48.4. The Labute approximate surface area is 85.7 Å². The Balaban J connectivity index is 2.27. The summed E-state index contributed by atoms with van der Waals surface area (Å²) in [6.45, 7) is 0. The molecule has 0 aliphatic carbocycles. The summed E-state index contributed by atoms with van der Waals surface area (Å²) in [5, 5.41) is 0. The molecule has 5 heteroatoms. The molecule has 0 unspecified atom stereocenters. The van der Waals surface area contributed by atoms with E-state index in [1.165, 1.54) is 0 Å². The molecule has 0 aromatic rings. The average Bonchev–Trinajstić information content (AvgIpc) is 2.61. The zero-order valence-electron chi connectivity index (χ0n) is 5.99. The lowest BCUT2D eigenvalue weighted by Gasteiger charge is -2.20. The standard InChI is InChI=1S/C6H10I2N2O/c1-7-5-3-4-6(8-2,11-5)10-9-5/h9-10H,1-4H2/t5-,6+. The molecule has 11 heavy (non-hydrogen) atoms. The third kappa shape index (κ3) is 1.25. The molecule has 2 bridgehead atoms. The summed E-state index contributed by atoms with van der Waals surface area (Å²) in [4.78, 5) is 0. The highest BCUT2D eigenvalue weighted by atomic mass is 127. The van der Waals surface area contributed by atoms with Gasteiger partial charge < -0.3 is 4.74 Å². The van der Waals surface area contributed by atoms with Crippen molar-refractivity contribution < 1.29 is 4.74 Å². The van der Waals surface area contributed by atoms with Crippen molar-refractivity contribution in [2.24, 2.45) is 0 Å². The van der Waals surface area contributed by atoms with Crippen LogP contribution in [0.4, 0.5) is 0 Å². The van der Waals surface area contributed by atoms with E-state index in [9.17, 15) is 0 Å². The van der Waals surface area contributed by atoms with E-state index in [0.717, 1.165) is 12.8 Å². The number of rotatable bonds is 2. The smallest absolute Gasteiger partial charge is 0.181 e. The lowest BCUT2D eigenvalue weighted by atomic mass is 10.3.